The summed E-state index contributed by atoms with van der Waals surface area (Å²) in [6.07, 6.45) is 0. The molecule has 1 N–H and O–H groups in total. The second kappa shape index (κ2) is 6.39. The predicted molar refractivity (Wildman–Crippen MR) is 70.7 cm³/mol. The number of hydrogen-bond acceptors (Lipinski definition) is 3. The van der Waals surface area contributed by atoms with E-state index in [0.29, 0.717) is 17.6 Å². The van der Waals surface area contributed by atoms with Crippen molar-refractivity contribution in [1.29, 1.82) is 5.26 Å². The molecule has 3 nitrogen and oxygen atoms in total. The fourth-order valence-electron chi connectivity index (χ4n) is 1.49. The molecular formula is C14H21N3. The van der Waals surface area contributed by atoms with Crippen molar-refractivity contribution in [3.8, 4) is 6.07 Å². The van der Waals surface area contributed by atoms with Crippen molar-refractivity contribution in [2.24, 2.45) is 0 Å². The summed E-state index contributed by atoms with van der Waals surface area (Å²) in [6.45, 7) is 5.29. The lowest BCUT2D eigenvalue weighted by Crippen LogP contribution is -2.36. The van der Waals surface area contributed by atoms with Crippen LogP contribution in [0.15, 0.2) is 24.3 Å². The second-order valence-electron chi connectivity index (χ2n) is 4.68. The summed E-state index contributed by atoms with van der Waals surface area (Å²) in [6, 6.07) is 10.7. The molecule has 1 aromatic carbocycles. The molecule has 0 fully saturated rings. The molecule has 0 spiro atoms. The highest BCUT2D eigenvalue weighted by molar-refractivity contribution is 5.32. The Morgan fingerprint density at radius 1 is 1.24 bits per heavy atom. The van der Waals surface area contributed by atoms with Crippen LogP contribution in [0.2, 0.25) is 0 Å². The minimum Gasteiger partial charge on any atom is -0.309 e. The molecule has 0 saturated carbocycles. The number of benzene rings is 1. The van der Waals surface area contributed by atoms with Gasteiger partial charge < -0.3 is 10.2 Å². The topological polar surface area (TPSA) is 39.1 Å². The number of hydrogen-bond donors (Lipinski definition) is 1. The number of nitrogens with zero attached hydrogens (tertiary/aromatic N) is 2. The maximum absolute atomic E-state index is 8.73. The highest BCUT2D eigenvalue weighted by Crippen LogP contribution is 2.13. The normalized spacial score (nSPS) is 14.4. The molecule has 0 amide bonds. The molecule has 0 saturated heterocycles. The molecule has 2 unspecified atom stereocenters. The third kappa shape index (κ3) is 4.18. The molecule has 2 atom stereocenters. The maximum Gasteiger partial charge on any atom is 0.0991 e. The summed E-state index contributed by atoms with van der Waals surface area (Å²) < 4.78 is 0. The summed E-state index contributed by atoms with van der Waals surface area (Å²) >= 11 is 0. The van der Waals surface area contributed by atoms with Crippen molar-refractivity contribution in [3.05, 3.63) is 35.4 Å². The molecule has 0 heterocycles. The average Bonchev–Trinajstić information content (AvgIpc) is 2.35. The van der Waals surface area contributed by atoms with Gasteiger partial charge >= 0.3 is 0 Å². The lowest BCUT2D eigenvalue weighted by Gasteiger charge is -2.23. The first kappa shape index (κ1) is 13.7. The zero-order chi connectivity index (χ0) is 12.8. The van der Waals surface area contributed by atoms with E-state index in [9.17, 15) is 0 Å². The Morgan fingerprint density at radius 3 is 2.29 bits per heavy atom. The van der Waals surface area contributed by atoms with E-state index in [2.05, 4.69) is 44.2 Å². The van der Waals surface area contributed by atoms with Gasteiger partial charge in [-0.15, -0.1) is 0 Å². The second-order valence-corrected chi connectivity index (χ2v) is 4.68. The van der Waals surface area contributed by atoms with Gasteiger partial charge in [-0.25, -0.2) is 0 Å². The largest absolute Gasteiger partial charge is 0.309 e. The molecule has 17 heavy (non-hydrogen) atoms. The van der Waals surface area contributed by atoms with E-state index in [-0.39, 0.29) is 0 Å². The molecule has 0 radical (unpaired) electrons. The summed E-state index contributed by atoms with van der Waals surface area (Å²) in [7, 11) is 4.16. The van der Waals surface area contributed by atoms with Crippen LogP contribution in [0.4, 0.5) is 0 Å². The number of rotatable bonds is 5. The zero-order valence-corrected chi connectivity index (χ0v) is 11.1. The Balaban J connectivity index is 2.52. The lowest BCUT2D eigenvalue weighted by molar-refractivity contribution is 0.295. The van der Waals surface area contributed by atoms with Gasteiger partial charge in [0.15, 0.2) is 0 Å². The number of nitrogens with one attached hydrogen (secondary N) is 1. The smallest absolute Gasteiger partial charge is 0.0991 e. The Hall–Kier alpha value is -1.37. The third-order valence-corrected chi connectivity index (χ3v) is 3.14. The van der Waals surface area contributed by atoms with E-state index in [1.54, 1.807) is 0 Å². The molecule has 0 aliphatic carbocycles. The van der Waals surface area contributed by atoms with Crippen LogP contribution >= 0.6 is 0 Å². The first-order chi connectivity index (χ1) is 8.04. The molecular weight excluding hydrogens is 210 g/mol. The molecule has 0 aromatic heterocycles. The van der Waals surface area contributed by atoms with E-state index < -0.39 is 0 Å². The van der Waals surface area contributed by atoms with Crippen molar-refractivity contribution in [1.82, 2.24) is 10.2 Å². The standard InChI is InChI=1S/C14H21N3/c1-11(17(3)4)10-16-12(2)14-7-5-13(9-15)6-8-14/h5-8,11-12,16H,10H2,1-4H3. The Kier molecular flexibility index (Phi) is 5.14. The van der Waals surface area contributed by atoms with E-state index >= 15 is 0 Å². The Bertz CT molecular complexity index is 375. The number of nitriles is 1. The van der Waals surface area contributed by atoms with Crippen molar-refractivity contribution >= 4 is 0 Å². The minimum absolute atomic E-state index is 0.310. The number of likely N-dealkylation sites (N-methyl/N-ethyl adjacent to an activating group) is 1. The Morgan fingerprint density at radius 2 is 1.82 bits per heavy atom. The Labute approximate surface area is 104 Å². The van der Waals surface area contributed by atoms with Gasteiger partial charge in [-0.05, 0) is 45.6 Å². The van der Waals surface area contributed by atoms with Crippen LogP contribution in [0, 0.1) is 11.3 Å². The van der Waals surface area contributed by atoms with Gasteiger partial charge in [0.2, 0.25) is 0 Å². The quantitative estimate of drug-likeness (QED) is 0.844. The van der Waals surface area contributed by atoms with Crippen molar-refractivity contribution in [2.75, 3.05) is 20.6 Å². The molecule has 92 valence electrons. The molecule has 1 aromatic rings. The van der Waals surface area contributed by atoms with Crippen molar-refractivity contribution in [3.63, 3.8) is 0 Å². The average molecular weight is 231 g/mol. The molecule has 3 heteroatoms. The highest BCUT2D eigenvalue weighted by atomic mass is 15.1. The molecule has 1 rings (SSSR count). The third-order valence-electron chi connectivity index (χ3n) is 3.14. The minimum atomic E-state index is 0.310. The van der Waals surface area contributed by atoms with Gasteiger partial charge in [0.25, 0.3) is 0 Å². The van der Waals surface area contributed by atoms with Crippen LogP contribution < -0.4 is 5.32 Å². The summed E-state index contributed by atoms with van der Waals surface area (Å²) in [5.74, 6) is 0. The van der Waals surface area contributed by atoms with Crippen molar-refractivity contribution < 1.29 is 0 Å². The predicted octanol–water partition coefficient (Wildman–Crippen LogP) is 2.16. The fraction of sp³-hybridized carbons (Fsp3) is 0.500. The van der Waals surface area contributed by atoms with Crippen molar-refractivity contribution in [2.45, 2.75) is 25.9 Å². The summed E-state index contributed by atoms with van der Waals surface area (Å²) in [4.78, 5) is 2.19. The van der Waals surface area contributed by atoms with E-state index in [1.165, 1.54) is 5.56 Å². The molecule has 0 bridgehead atoms. The molecule has 0 aliphatic rings. The van der Waals surface area contributed by atoms with Gasteiger partial charge in [-0.1, -0.05) is 12.1 Å². The first-order valence-corrected chi connectivity index (χ1v) is 5.94. The van der Waals surface area contributed by atoms with Crippen LogP contribution in [-0.4, -0.2) is 31.6 Å². The van der Waals surface area contributed by atoms with Gasteiger partial charge in [0.05, 0.1) is 11.6 Å². The van der Waals surface area contributed by atoms with E-state index in [0.717, 1.165) is 6.54 Å². The molecule has 0 aliphatic heterocycles. The van der Waals surface area contributed by atoms with Crippen LogP contribution in [0.5, 0.6) is 0 Å². The monoisotopic (exact) mass is 231 g/mol. The summed E-state index contributed by atoms with van der Waals surface area (Å²) in [5.41, 5.74) is 1.93. The van der Waals surface area contributed by atoms with E-state index in [4.69, 9.17) is 5.26 Å². The van der Waals surface area contributed by atoms with Gasteiger partial charge in [0.1, 0.15) is 0 Å². The highest BCUT2D eigenvalue weighted by Gasteiger charge is 2.08. The van der Waals surface area contributed by atoms with E-state index in [1.807, 2.05) is 24.3 Å². The zero-order valence-electron chi connectivity index (χ0n) is 11.1. The lowest BCUT2D eigenvalue weighted by atomic mass is 10.1. The van der Waals surface area contributed by atoms with Gasteiger partial charge in [-0.3, -0.25) is 0 Å². The fourth-order valence-corrected chi connectivity index (χ4v) is 1.49. The van der Waals surface area contributed by atoms with Crippen LogP contribution in [-0.2, 0) is 0 Å². The van der Waals surface area contributed by atoms with Crippen LogP contribution in [0.25, 0.3) is 0 Å². The first-order valence-electron chi connectivity index (χ1n) is 5.94. The SMILES string of the molecule is CC(NCC(C)N(C)C)c1ccc(C#N)cc1. The van der Waals surface area contributed by atoms with Gasteiger partial charge in [0, 0.05) is 18.6 Å². The summed E-state index contributed by atoms with van der Waals surface area (Å²) in [5, 5.41) is 12.2. The van der Waals surface area contributed by atoms with Crippen LogP contribution in [0.1, 0.15) is 31.0 Å². The maximum atomic E-state index is 8.73. The van der Waals surface area contributed by atoms with Gasteiger partial charge in [-0.2, -0.15) is 5.26 Å². The van der Waals surface area contributed by atoms with Crippen LogP contribution in [0.3, 0.4) is 0 Å².